The Bertz CT molecular complexity index is 465. The molecule has 0 atom stereocenters. The third-order valence-electron chi connectivity index (χ3n) is 2.01. The van der Waals surface area contributed by atoms with Crippen LogP contribution in [0.25, 0.3) is 10.6 Å². The van der Waals surface area contributed by atoms with Gasteiger partial charge in [0.2, 0.25) is 0 Å². The minimum atomic E-state index is 0.984. The standard InChI is InChI=1S/C10H9IN2S/c1-6-3-4-8(7(2)5-6)9-12-13-10(11)14-9/h3-5H,1-2H3. The topological polar surface area (TPSA) is 25.8 Å². The van der Waals surface area contributed by atoms with E-state index >= 15 is 0 Å². The first-order valence-electron chi connectivity index (χ1n) is 4.23. The average molecular weight is 316 g/mol. The van der Waals surface area contributed by atoms with E-state index in [2.05, 4.69) is 64.8 Å². The second-order valence-electron chi connectivity index (χ2n) is 3.18. The van der Waals surface area contributed by atoms with Crippen LogP contribution in [0, 0.1) is 16.9 Å². The van der Waals surface area contributed by atoms with E-state index in [1.165, 1.54) is 16.7 Å². The summed E-state index contributed by atoms with van der Waals surface area (Å²) in [5.74, 6) is 0. The first-order valence-corrected chi connectivity index (χ1v) is 6.13. The number of rotatable bonds is 1. The first kappa shape index (κ1) is 10.0. The Hall–Kier alpha value is -0.490. The van der Waals surface area contributed by atoms with Gasteiger partial charge >= 0.3 is 0 Å². The number of hydrogen-bond acceptors (Lipinski definition) is 3. The molecule has 72 valence electrons. The van der Waals surface area contributed by atoms with Crippen LogP contribution >= 0.6 is 33.9 Å². The molecule has 0 fully saturated rings. The SMILES string of the molecule is Cc1ccc(-c2nnc(I)s2)c(C)c1. The summed E-state index contributed by atoms with van der Waals surface area (Å²) in [6.07, 6.45) is 0. The van der Waals surface area contributed by atoms with E-state index in [-0.39, 0.29) is 0 Å². The van der Waals surface area contributed by atoms with Gasteiger partial charge in [-0.15, -0.1) is 10.2 Å². The molecule has 0 aliphatic rings. The van der Waals surface area contributed by atoms with Crippen molar-refractivity contribution in [3.8, 4) is 10.6 Å². The van der Waals surface area contributed by atoms with Gasteiger partial charge in [0.1, 0.15) is 5.01 Å². The highest BCUT2D eigenvalue weighted by Gasteiger charge is 2.07. The lowest BCUT2D eigenvalue weighted by molar-refractivity contribution is 1.07. The van der Waals surface area contributed by atoms with Gasteiger partial charge in [-0.25, -0.2) is 0 Å². The molecule has 0 aliphatic heterocycles. The van der Waals surface area contributed by atoms with Crippen molar-refractivity contribution < 1.29 is 0 Å². The maximum atomic E-state index is 4.14. The predicted molar refractivity (Wildman–Crippen MR) is 67.5 cm³/mol. The van der Waals surface area contributed by atoms with Crippen molar-refractivity contribution in [2.24, 2.45) is 0 Å². The van der Waals surface area contributed by atoms with E-state index in [9.17, 15) is 0 Å². The molecule has 2 aromatic rings. The number of benzene rings is 1. The van der Waals surface area contributed by atoms with Crippen LogP contribution in [0.1, 0.15) is 11.1 Å². The first-order chi connectivity index (χ1) is 6.66. The summed E-state index contributed by atoms with van der Waals surface area (Å²) in [5.41, 5.74) is 3.74. The second kappa shape index (κ2) is 3.94. The lowest BCUT2D eigenvalue weighted by atomic mass is 10.1. The van der Waals surface area contributed by atoms with Crippen molar-refractivity contribution >= 4 is 33.9 Å². The van der Waals surface area contributed by atoms with Gasteiger partial charge < -0.3 is 0 Å². The minimum absolute atomic E-state index is 0.984. The summed E-state index contributed by atoms with van der Waals surface area (Å²) >= 11 is 3.82. The molecule has 0 saturated heterocycles. The Kier molecular flexibility index (Phi) is 2.83. The number of halogens is 1. The highest BCUT2D eigenvalue weighted by Crippen LogP contribution is 2.27. The molecule has 0 spiro atoms. The van der Waals surface area contributed by atoms with Crippen LogP contribution in [-0.2, 0) is 0 Å². The molecule has 1 aromatic heterocycles. The van der Waals surface area contributed by atoms with E-state index in [1.54, 1.807) is 11.3 Å². The zero-order valence-corrected chi connectivity index (χ0v) is 10.9. The van der Waals surface area contributed by atoms with Crippen LogP contribution in [0.15, 0.2) is 18.2 Å². The molecule has 2 rings (SSSR count). The molecule has 1 heterocycles. The summed E-state index contributed by atoms with van der Waals surface area (Å²) < 4.78 is 0.984. The van der Waals surface area contributed by atoms with Gasteiger partial charge in [-0.3, -0.25) is 0 Å². The monoisotopic (exact) mass is 316 g/mol. The van der Waals surface area contributed by atoms with Crippen LogP contribution in [0.3, 0.4) is 0 Å². The largest absolute Gasteiger partial charge is 0.178 e. The van der Waals surface area contributed by atoms with Gasteiger partial charge in [-0.2, -0.15) is 0 Å². The van der Waals surface area contributed by atoms with Crippen LogP contribution in [0.4, 0.5) is 0 Å². The Balaban J connectivity index is 2.52. The summed E-state index contributed by atoms with van der Waals surface area (Å²) in [6.45, 7) is 4.21. The van der Waals surface area contributed by atoms with Crippen molar-refractivity contribution in [2.45, 2.75) is 13.8 Å². The molecule has 0 N–H and O–H groups in total. The normalized spacial score (nSPS) is 10.5. The molecule has 4 heteroatoms. The van der Waals surface area contributed by atoms with Gasteiger partial charge in [0.25, 0.3) is 0 Å². The molecule has 0 bridgehead atoms. The molecule has 0 unspecified atom stereocenters. The lowest BCUT2D eigenvalue weighted by Crippen LogP contribution is -1.83. The second-order valence-corrected chi connectivity index (χ2v) is 5.91. The van der Waals surface area contributed by atoms with E-state index in [0.29, 0.717) is 0 Å². The fourth-order valence-corrected chi connectivity index (χ4v) is 2.76. The molecule has 14 heavy (non-hydrogen) atoms. The smallest absolute Gasteiger partial charge is 0.137 e. The number of nitrogens with zero attached hydrogens (tertiary/aromatic N) is 2. The van der Waals surface area contributed by atoms with E-state index in [4.69, 9.17) is 0 Å². The molecular formula is C10H9IN2S. The van der Waals surface area contributed by atoms with Gasteiger partial charge in [-0.05, 0) is 42.0 Å². The predicted octanol–water partition coefficient (Wildman–Crippen LogP) is 3.43. The number of aryl methyl sites for hydroxylation is 2. The van der Waals surface area contributed by atoms with Gasteiger partial charge in [0.15, 0.2) is 3.01 Å². The minimum Gasteiger partial charge on any atom is -0.137 e. The van der Waals surface area contributed by atoms with Crippen LogP contribution < -0.4 is 0 Å². The van der Waals surface area contributed by atoms with Crippen molar-refractivity contribution in [3.05, 3.63) is 32.3 Å². The highest BCUT2D eigenvalue weighted by molar-refractivity contribution is 14.1. The zero-order chi connectivity index (χ0) is 10.1. The van der Waals surface area contributed by atoms with E-state index < -0.39 is 0 Å². The van der Waals surface area contributed by atoms with Crippen LogP contribution in [0.2, 0.25) is 0 Å². The lowest BCUT2D eigenvalue weighted by Gasteiger charge is -2.01. The van der Waals surface area contributed by atoms with E-state index in [0.717, 1.165) is 8.02 Å². The Morgan fingerprint density at radius 1 is 1.21 bits per heavy atom. The summed E-state index contributed by atoms with van der Waals surface area (Å²) in [6, 6.07) is 6.39. The van der Waals surface area contributed by atoms with Gasteiger partial charge in [0.05, 0.1) is 0 Å². The summed E-state index contributed by atoms with van der Waals surface area (Å²) in [5, 5.41) is 9.16. The quantitative estimate of drug-likeness (QED) is 0.753. The van der Waals surface area contributed by atoms with E-state index in [1.807, 2.05) is 0 Å². The Morgan fingerprint density at radius 3 is 2.57 bits per heavy atom. The molecule has 0 aliphatic carbocycles. The summed E-state index contributed by atoms with van der Waals surface area (Å²) in [4.78, 5) is 0. The third-order valence-corrected chi connectivity index (χ3v) is 3.63. The molecule has 1 aromatic carbocycles. The van der Waals surface area contributed by atoms with Crippen molar-refractivity contribution in [1.29, 1.82) is 0 Å². The molecule has 0 amide bonds. The van der Waals surface area contributed by atoms with Crippen LogP contribution in [0.5, 0.6) is 0 Å². The van der Waals surface area contributed by atoms with Crippen LogP contribution in [-0.4, -0.2) is 10.2 Å². The van der Waals surface area contributed by atoms with Gasteiger partial charge in [0, 0.05) is 5.56 Å². The molecular weight excluding hydrogens is 307 g/mol. The summed E-state index contributed by atoms with van der Waals surface area (Å²) in [7, 11) is 0. The van der Waals surface area contributed by atoms with Crippen molar-refractivity contribution in [2.75, 3.05) is 0 Å². The third kappa shape index (κ3) is 1.95. The fourth-order valence-electron chi connectivity index (χ4n) is 1.37. The number of hydrogen-bond donors (Lipinski definition) is 0. The maximum Gasteiger partial charge on any atom is 0.178 e. The Labute approximate surface area is 101 Å². The zero-order valence-electron chi connectivity index (χ0n) is 7.91. The van der Waals surface area contributed by atoms with Crippen molar-refractivity contribution in [3.63, 3.8) is 0 Å². The maximum absolute atomic E-state index is 4.14. The highest BCUT2D eigenvalue weighted by atomic mass is 127. The Morgan fingerprint density at radius 2 is 2.00 bits per heavy atom. The average Bonchev–Trinajstić information content (AvgIpc) is 2.51. The molecule has 0 radical (unpaired) electrons. The molecule has 2 nitrogen and oxygen atoms in total. The number of aromatic nitrogens is 2. The van der Waals surface area contributed by atoms with Crippen molar-refractivity contribution in [1.82, 2.24) is 10.2 Å². The van der Waals surface area contributed by atoms with Gasteiger partial charge in [-0.1, -0.05) is 35.1 Å². The molecule has 0 saturated carbocycles. The fraction of sp³-hybridized carbons (Fsp3) is 0.200.